The molecule has 0 radical (unpaired) electrons. The molecular weight excluding hydrogens is 472 g/mol. The predicted molar refractivity (Wildman–Crippen MR) is 130 cm³/mol. The monoisotopic (exact) mass is 504 g/mol. The Kier molecular flexibility index (Phi) is 10.8. The first-order valence-electron chi connectivity index (χ1n) is 11.1. The number of amides is 1. The van der Waals surface area contributed by atoms with Crippen LogP contribution in [0.1, 0.15) is 11.1 Å². The van der Waals surface area contributed by atoms with E-state index in [2.05, 4.69) is 4.90 Å². The van der Waals surface area contributed by atoms with Gasteiger partial charge in [0.05, 0.1) is 21.3 Å². The number of nitrogens with zero attached hydrogens (tertiary/aromatic N) is 2. The van der Waals surface area contributed by atoms with Crippen LogP contribution in [-0.4, -0.2) is 92.0 Å². The first-order chi connectivity index (χ1) is 17.2. The van der Waals surface area contributed by atoms with E-state index in [1.54, 1.807) is 21.3 Å². The van der Waals surface area contributed by atoms with Crippen molar-refractivity contribution in [1.82, 2.24) is 9.80 Å². The zero-order valence-corrected chi connectivity index (χ0v) is 20.9. The molecule has 0 unspecified atom stereocenters. The molecule has 1 aliphatic rings. The van der Waals surface area contributed by atoms with Gasteiger partial charge < -0.3 is 34.1 Å². The van der Waals surface area contributed by atoms with Crippen molar-refractivity contribution >= 4 is 17.8 Å². The van der Waals surface area contributed by atoms with Crippen LogP contribution in [0, 0.1) is 6.92 Å². The van der Waals surface area contributed by atoms with Crippen molar-refractivity contribution in [2.75, 3.05) is 54.1 Å². The third-order valence-corrected chi connectivity index (χ3v) is 5.44. The number of carboxylic acids is 2. The number of hydrogen-bond donors (Lipinski definition) is 2. The van der Waals surface area contributed by atoms with Crippen LogP contribution >= 0.6 is 0 Å². The standard InChI is InChI=1S/C23H30N2O5.C2H2O4/c1-17-6-5-7-19(14-17)30-16-21(26)25-12-10-24(11-13-25)15-18-8-9-20(27-2)23(29-4)22(18)28-3;3-1(4)2(5)6/h5-9,14H,10-13,15-16H2,1-4H3;(H,3,4)(H,5,6). The van der Waals surface area contributed by atoms with Crippen molar-refractivity contribution in [3.8, 4) is 23.0 Å². The maximum absolute atomic E-state index is 12.5. The second-order valence-electron chi connectivity index (χ2n) is 7.87. The molecule has 36 heavy (non-hydrogen) atoms. The van der Waals surface area contributed by atoms with Gasteiger partial charge in [0.25, 0.3) is 5.91 Å². The molecule has 2 N–H and O–H groups in total. The summed E-state index contributed by atoms with van der Waals surface area (Å²) in [6.07, 6.45) is 0. The highest BCUT2D eigenvalue weighted by Gasteiger charge is 2.23. The fourth-order valence-electron chi connectivity index (χ4n) is 3.63. The lowest BCUT2D eigenvalue weighted by Crippen LogP contribution is -2.49. The lowest BCUT2D eigenvalue weighted by atomic mass is 10.1. The lowest BCUT2D eigenvalue weighted by molar-refractivity contribution is -0.159. The number of benzene rings is 2. The summed E-state index contributed by atoms with van der Waals surface area (Å²) in [7, 11) is 4.84. The highest BCUT2D eigenvalue weighted by atomic mass is 16.5. The van der Waals surface area contributed by atoms with Crippen LogP contribution in [0.25, 0.3) is 0 Å². The van der Waals surface area contributed by atoms with E-state index in [0.717, 1.165) is 30.0 Å². The number of ether oxygens (including phenoxy) is 4. The van der Waals surface area contributed by atoms with Crippen molar-refractivity contribution in [3.63, 3.8) is 0 Å². The molecule has 2 aromatic carbocycles. The van der Waals surface area contributed by atoms with E-state index >= 15 is 0 Å². The van der Waals surface area contributed by atoms with Crippen molar-refractivity contribution in [1.29, 1.82) is 0 Å². The van der Waals surface area contributed by atoms with Crippen molar-refractivity contribution < 1.29 is 43.5 Å². The van der Waals surface area contributed by atoms with Crippen LogP contribution in [0.3, 0.4) is 0 Å². The maximum Gasteiger partial charge on any atom is 0.414 e. The molecule has 1 heterocycles. The number of carboxylic acid groups (broad SMARTS) is 2. The normalized spacial score (nSPS) is 13.2. The zero-order valence-electron chi connectivity index (χ0n) is 20.9. The van der Waals surface area contributed by atoms with Crippen LogP contribution in [0.2, 0.25) is 0 Å². The maximum atomic E-state index is 12.5. The van der Waals surface area contributed by atoms with E-state index in [9.17, 15) is 4.79 Å². The van der Waals surface area contributed by atoms with Crippen LogP contribution in [0.15, 0.2) is 36.4 Å². The Labute approximate surface area is 209 Å². The number of rotatable bonds is 8. The molecule has 3 rings (SSSR count). The fourth-order valence-corrected chi connectivity index (χ4v) is 3.63. The number of carbonyl (C=O) groups is 3. The number of hydrogen-bond acceptors (Lipinski definition) is 8. The Morgan fingerprint density at radius 2 is 1.50 bits per heavy atom. The third-order valence-electron chi connectivity index (χ3n) is 5.44. The Bertz CT molecular complexity index is 1040. The largest absolute Gasteiger partial charge is 0.493 e. The van der Waals surface area contributed by atoms with Gasteiger partial charge in [-0.1, -0.05) is 18.2 Å². The van der Waals surface area contributed by atoms with E-state index < -0.39 is 11.9 Å². The van der Waals surface area contributed by atoms with Gasteiger partial charge in [0.2, 0.25) is 5.75 Å². The number of aliphatic carboxylic acids is 2. The second-order valence-corrected chi connectivity index (χ2v) is 7.87. The van der Waals surface area contributed by atoms with Crippen molar-refractivity contribution in [3.05, 3.63) is 47.5 Å². The van der Waals surface area contributed by atoms with Crippen LogP contribution in [-0.2, 0) is 20.9 Å². The lowest BCUT2D eigenvalue weighted by Gasteiger charge is -2.35. The van der Waals surface area contributed by atoms with Crippen molar-refractivity contribution in [2.45, 2.75) is 13.5 Å². The first-order valence-corrected chi connectivity index (χ1v) is 11.1. The molecule has 1 fully saturated rings. The summed E-state index contributed by atoms with van der Waals surface area (Å²) in [6, 6.07) is 11.6. The topological polar surface area (TPSA) is 135 Å². The molecule has 2 aromatic rings. The van der Waals surface area contributed by atoms with Gasteiger partial charge in [-0.05, 0) is 30.7 Å². The minimum atomic E-state index is -1.82. The molecule has 1 aliphatic heterocycles. The summed E-state index contributed by atoms with van der Waals surface area (Å²) in [6.45, 7) is 5.69. The average Bonchev–Trinajstić information content (AvgIpc) is 2.87. The SMILES string of the molecule is COc1ccc(CN2CCN(C(=O)COc3cccc(C)c3)CC2)c(OC)c1OC.O=C(O)C(=O)O. The average molecular weight is 505 g/mol. The van der Waals surface area contributed by atoms with Gasteiger partial charge in [0.1, 0.15) is 5.75 Å². The minimum absolute atomic E-state index is 0.0138. The number of aryl methyl sites for hydroxylation is 1. The molecule has 1 amide bonds. The Morgan fingerprint density at radius 3 is 2.03 bits per heavy atom. The summed E-state index contributed by atoms with van der Waals surface area (Å²) >= 11 is 0. The van der Waals surface area contributed by atoms with Crippen LogP contribution in [0.4, 0.5) is 0 Å². The predicted octanol–water partition coefficient (Wildman–Crippen LogP) is 1.90. The number of piperazine rings is 1. The van der Waals surface area contributed by atoms with Crippen LogP contribution < -0.4 is 18.9 Å². The molecule has 0 aromatic heterocycles. The molecule has 1 saturated heterocycles. The molecule has 0 spiro atoms. The van der Waals surface area contributed by atoms with Crippen LogP contribution in [0.5, 0.6) is 23.0 Å². The van der Waals surface area contributed by atoms with Gasteiger partial charge in [-0.3, -0.25) is 9.69 Å². The van der Waals surface area contributed by atoms with E-state index in [1.807, 2.05) is 48.2 Å². The molecule has 0 aliphatic carbocycles. The van der Waals surface area contributed by atoms with Gasteiger partial charge >= 0.3 is 11.9 Å². The third kappa shape index (κ3) is 8.05. The summed E-state index contributed by atoms with van der Waals surface area (Å²) in [5.74, 6) is -0.990. The van der Waals surface area contributed by atoms with E-state index in [4.69, 9.17) is 38.7 Å². The van der Waals surface area contributed by atoms with E-state index in [1.165, 1.54) is 0 Å². The molecule has 11 nitrogen and oxygen atoms in total. The Hall–Kier alpha value is -3.99. The highest BCUT2D eigenvalue weighted by Crippen LogP contribution is 2.40. The summed E-state index contributed by atoms with van der Waals surface area (Å²) in [5.41, 5.74) is 2.14. The Morgan fingerprint density at radius 1 is 0.861 bits per heavy atom. The molecule has 0 bridgehead atoms. The zero-order chi connectivity index (χ0) is 26.7. The minimum Gasteiger partial charge on any atom is -0.493 e. The van der Waals surface area contributed by atoms with E-state index in [0.29, 0.717) is 36.9 Å². The first kappa shape index (κ1) is 28.2. The van der Waals surface area contributed by atoms with Gasteiger partial charge in [0.15, 0.2) is 18.1 Å². The number of methoxy groups -OCH3 is 3. The number of carbonyl (C=O) groups excluding carboxylic acids is 1. The molecule has 0 saturated carbocycles. The Balaban J connectivity index is 0.000000678. The summed E-state index contributed by atoms with van der Waals surface area (Å²) in [4.78, 5) is 34.9. The van der Waals surface area contributed by atoms with Gasteiger partial charge in [-0.2, -0.15) is 0 Å². The quantitative estimate of drug-likeness (QED) is 0.513. The smallest absolute Gasteiger partial charge is 0.414 e. The highest BCUT2D eigenvalue weighted by molar-refractivity contribution is 6.27. The summed E-state index contributed by atoms with van der Waals surface area (Å²) < 4.78 is 22.1. The summed E-state index contributed by atoms with van der Waals surface area (Å²) in [5, 5.41) is 14.8. The molecular formula is C25H32N2O9. The fraction of sp³-hybridized carbons (Fsp3) is 0.400. The van der Waals surface area contributed by atoms with Gasteiger partial charge in [-0.25, -0.2) is 9.59 Å². The second kappa shape index (κ2) is 13.8. The molecule has 0 atom stereocenters. The molecule has 196 valence electrons. The van der Waals surface area contributed by atoms with Gasteiger partial charge in [-0.15, -0.1) is 0 Å². The molecule has 11 heteroatoms. The van der Waals surface area contributed by atoms with Gasteiger partial charge in [0, 0.05) is 38.3 Å². The van der Waals surface area contributed by atoms with Crippen molar-refractivity contribution in [2.24, 2.45) is 0 Å². The van der Waals surface area contributed by atoms with E-state index in [-0.39, 0.29) is 12.5 Å².